The van der Waals surface area contributed by atoms with Crippen molar-refractivity contribution in [1.82, 2.24) is 4.90 Å². The fraction of sp³-hybridized carbons (Fsp3) is 0.923. The molecule has 0 radical (unpaired) electrons. The average Bonchev–Trinajstić information content (AvgIpc) is 2.38. The molecule has 0 aliphatic carbocycles. The highest BCUT2D eigenvalue weighted by Gasteiger charge is 2.08. The van der Waals surface area contributed by atoms with E-state index >= 15 is 0 Å². The summed E-state index contributed by atoms with van der Waals surface area (Å²) in [5, 5.41) is 0. The molecule has 0 saturated carbocycles. The largest absolute Gasteiger partial charge is 0.379 e. The number of aliphatic imine (C=N–C) groups is 2. The summed E-state index contributed by atoms with van der Waals surface area (Å²) in [6, 6.07) is 2.79. The first-order chi connectivity index (χ1) is 8.43. The van der Waals surface area contributed by atoms with Crippen molar-refractivity contribution in [3.63, 3.8) is 0 Å². The van der Waals surface area contributed by atoms with E-state index in [4.69, 9.17) is 4.74 Å². The lowest BCUT2D eigenvalue weighted by Gasteiger charge is -2.25. The van der Waals surface area contributed by atoms with Crippen LogP contribution in [0.2, 0.25) is 0 Å². The van der Waals surface area contributed by atoms with Crippen LogP contribution in [0.15, 0.2) is 9.98 Å². The molecule has 4 heteroatoms. The molecule has 0 spiro atoms. The zero-order chi connectivity index (χ0) is 12.2. The zero-order valence-electron chi connectivity index (χ0n) is 11.0. The summed E-state index contributed by atoms with van der Waals surface area (Å²) in [6.07, 6.45) is 5.02. The Kier molecular flexibility index (Phi) is 8.83. The summed E-state index contributed by atoms with van der Waals surface area (Å²) < 4.78 is 5.28. The van der Waals surface area contributed by atoms with Crippen LogP contribution < -0.4 is 0 Å². The Hall–Kier alpha value is -0.700. The second-order valence-electron chi connectivity index (χ2n) is 4.38. The van der Waals surface area contributed by atoms with Gasteiger partial charge in [0, 0.05) is 26.2 Å². The highest BCUT2D eigenvalue weighted by molar-refractivity contribution is 5.40. The molecule has 1 rings (SSSR count). The molecule has 0 amide bonds. The summed E-state index contributed by atoms with van der Waals surface area (Å²) in [5.41, 5.74) is 0. The van der Waals surface area contributed by atoms with Crippen molar-refractivity contribution in [2.24, 2.45) is 9.98 Å². The van der Waals surface area contributed by atoms with Crippen LogP contribution in [-0.4, -0.2) is 56.8 Å². The number of ether oxygens (including phenoxy) is 1. The molecular formula is C13H25N3O. The predicted octanol–water partition coefficient (Wildman–Crippen LogP) is 2.07. The van der Waals surface area contributed by atoms with Crippen molar-refractivity contribution < 1.29 is 4.74 Å². The fourth-order valence-electron chi connectivity index (χ4n) is 1.78. The summed E-state index contributed by atoms with van der Waals surface area (Å²) in [4.78, 5) is 10.7. The van der Waals surface area contributed by atoms with E-state index in [9.17, 15) is 0 Å². The van der Waals surface area contributed by atoms with Crippen molar-refractivity contribution in [1.29, 1.82) is 0 Å². The lowest BCUT2D eigenvalue weighted by molar-refractivity contribution is 0.0395. The standard InChI is InChI=1S/C13H25N3O/c1-2-3-4-5-6-14-13-15-7-8-16-9-11-17-12-10-16/h2-12H2,1H3. The Morgan fingerprint density at radius 2 is 1.82 bits per heavy atom. The third kappa shape index (κ3) is 8.08. The van der Waals surface area contributed by atoms with Gasteiger partial charge >= 0.3 is 0 Å². The van der Waals surface area contributed by atoms with E-state index < -0.39 is 0 Å². The fourth-order valence-corrected chi connectivity index (χ4v) is 1.78. The highest BCUT2D eigenvalue weighted by Crippen LogP contribution is 1.98. The van der Waals surface area contributed by atoms with Gasteiger partial charge in [0.1, 0.15) is 0 Å². The Balaban J connectivity index is 1.95. The normalized spacial score (nSPS) is 16.5. The van der Waals surface area contributed by atoms with E-state index in [1.807, 2.05) is 0 Å². The van der Waals surface area contributed by atoms with Crippen LogP contribution in [0.1, 0.15) is 32.6 Å². The SMILES string of the molecule is CCCCCCN=C=NCCN1CCOCC1. The predicted molar refractivity (Wildman–Crippen MR) is 71.0 cm³/mol. The molecule has 17 heavy (non-hydrogen) atoms. The van der Waals surface area contributed by atoms with Gasteiger partial charge < -0.3 is 4.74 Å². The Labute approximate surface area is 105 Å². The number of hydrogen-bond donors (Lipinski definition) is 0. The van der Waals surface area contributed by atoms with Gasteiger partial charge in [-0.15, -0.1) is 0 Å². The smallest absolute Gasteiger partial charge is 0.0893 e. The molecular weight excluding hydrogens is 214 g/mol. The van der Waals surface area contributed by atoms with Gasteiger partial charge in [0.05, 0.1) is 25.8 Å². The maximum atomic E-state index is 5.28. The first kappa shape index (κ1) is 14.4. The quantitative estimate of drug-likeness (QED) is 0.480. The maximum Gasteiger partial charge on any atom is 0.0893 e. The van der Waals surface area contributed by atoms with Crippen LogP contribution in [0.25, 0.3) is 0 Å². The molecule has 0 aromatic rings. The average molecular weight is 239 g/mol. The second kappa shape index (κ2) is 10.5. The minimum Gasteiger partial charge on any atom is -0.379 e. The molecule has 1 heterocycles. The lowest BCUT2D eigenvalue weighted by atomic mass is 10.2. The van der Waals surface area contributed by atoms with Gasteiger partial charge in [0.25, 0.3) is 0 Å². The third-order valence-electron chi connectivity index (χ3n) is 2.90. The number of morpholine rings is 1. The van der Waals surface area contributed by atoms with E-state index in [-0.39, 0.29) is 0 Å². The van der Waals surface area contributed by atoms with Crippen molar-refractivity contribution >= 4 is 6.01 Å². The van der Waals surface area contributed by atoms with Crippen molar-refractivity contribution in [2.45, 2.75) is 32.6 Å². The van der Waals surface area contributed by atoms with Crippen LogP contribution in [-0.2, 0) is 4.74 Å². The first-order valence-corrected chi connectivity index (χ1v) is 6.81. The first-order valence-electron chi connectivity index (χ1n) is 6.81. The Bertz CT molecular complexity index is 231. The molecule has 0 N–H and O–H groups in total. The van der Waals surface area contributed by atoms with E-state index in [0.29, 0.717) is 0 Å². The number of hydrogen-bond acceptors (Lipinski definition) is 4. The molecule has 0 atom stereocenters. The van der Waals surface area contributed by atoms with Crippen LogP contribution in [0.3, 0.4) is 0 Å². The molecule has 4 nitrogen and oxygen atoms in total. The van der Waals surface area contributed by atoms with Crippen molar-refractivity contribution in [2.75, 3.05) is 45.9 Å². The minimum absolute atomic E-state index is 0.804. The van der Waals surface area contributed by atoms with E-state index in [0.717, 1.165) is 45.9 Å². The molecule has 98 valence electrons. The van der Waals surface area contributed by atoms with Gasteiger partial charge in [-0.3, -0.25) is 4.90 Å². The minimum atomic E-state index is 0.804. The van der Waals surface area contributed by atoms with E-state index in [1.54, 1.807) is 0 Å². The van der Waals surface area contributed by atoms with Crippen LogP contribution in [0.5, 0.6) is 0 Å². The molecule has 1 saturated heterocycles. The monoisotopic (exact) mass is 239 g/mol. The van der Waals surface area contributed by atoms with Gasteiger partial charge in [-0.1, -0.05) is 26.2 Å². The molecule has 0 aromatic heterocycles. The summed E-state index contributed by atoms with van der Waals surface area (Å²) >= 11 is 0. The second-order valence-corrected chi connectivity index (χ2v) is 4.38. The van der Waals surface area contributed by atoms with Crippen LogP contribution in [0.4, 0.5) is 0 Å². The van der Waals surface area contributed by atoms with E-state index in [2.05, 4.69) is 27.8 Å². The summed E-state index contributed by atoms with van der Waals surface area (Å²) in [5.74, 6) is 0. The molecule has 1 aliphatic heterocycles. The molecule has 0 unspecified atom stereocenters. The van der Waals surface area contributed by atoms with Gasteiger partial charge in [-0.05, 0) is 6.42 Å². The summed E-state index contributed by atoms with van der Waals surface area (Å²) in [6.45, 7) is 8.68. The maximum absolute atomic E-state index is 5.28. The Morgan fingerprint density at radius 1 is 1.06 bits per heavy atom. The molecule has 0 aromatic carbocycles. The van der Waals surface area contributed by atoms with Gasteiger partial charge in [0.2, 0.25) is 0 Å². The van der Waals surface area contributed by atoms with Gasteiger partial charge in [-0.25, -0.2) is 9.98 Å². The topological polar surface area (TPSA) is 37.2 Å². The highest BCUT2D eigenvalue weighted by atomic mass is 16.5. The Morgan fingerprint density at radius 3 is 2.59 bits per heavy atom. The number of unbranched alkanes of at least 4 members (excludes halogenated alkanes) is 3. The van der Waals surface area contributed by atoms with Crippen molar-refractivity contribution in [3.05, 3.63) is 0 Å². The summed E-state index contributed by atoms with van der Waals surface area (Å²) in [7, 11) is 0. The number of nitrogens with zero attached hydrogens (tertiary/aromatic N) is 3. The van der Waals surface area contributed by atoms with E-state index in [1.165, 1.54) is 25.7 Å². The van der Waals surface area contributed by atoms with Crippen molar-refractivity contribution in [3.8, 4) is 0 Å². The third-order valence-corrected chi connectivity index (χ3v) is 2.90. The lowest BCUT2D eigenvalue weighted by Crippen LogP contribution is -2.37. The van der Waals surface area contributed by atoms with Gasteiger partial charge in [0.15, 0.2) is 0 Å². The molecule has 1 fully saturated rings. The van der Waals surface area contributed by atoms with Crippen LogP contribution in [0, 0.1) is 0 Å². The molecule has 0 bridgehead atoms. The van der Waals surface area contributed by atoms with Crippen LogP contribution >= 0.6 is 0 Å². The number of rotatable bonds is 8. The van der Waals surface area contributed by atoms with Gasteiger partial charge in [-0.2, -0.15) is 0 Å². The molecule has 1 aliphatic rings. The zero-order valence-corrected chi connectivity index (χ0v) is 11.0.